The number of hydrogen-bond donors (Lipinski definition) is 1. The van der Waals surface area contributed by atoms with Crippen LogP contribution in [0.3, 0.4) is 0 Å². The van der Waals surface area contributed by atoms with Gasteiger partial charge in [-0.1, -0.05) is 13.8 Å². The topological polar surface area (TPSA) is 33.1 Å². The molecule has 2 atom stereocenters. The second kappa shape index (κ2) is 7.65. The second-order valence-electron chi connectivity index (χ2n) is 5.78. The van der Waals surface area contributed by atoms with Crippen molar-refractivity contribution < 1.29 is 0 Å². The molecule has 0 radical (unpaired) electrons. The van der Waals surface area contributed by atoms with Gasteiger partial charge in [0.15, 0.2) is 0 Å². The molecule has 1 saturated heterocycles. The summed E-state index contributed by atoms with van der Waals surface area (Å²) in [4.78, 5) is 6.70. The van der Waals surface area contributed by atoms with Gasteiger partial charge in [-0.15, -0.1) is 0 Å². The van der Waals surface area contributed by atoms with Crippen LogP contribution in [0.1, 0.15) is 33.1 Å². The number of nitrogens with one attached hydrogen (secondary N) is 1. The van der Waals surface area contributed by atoms with E-state index in [1.165, 1.54) is 38.9 Å². The lowest BCUT2D eigenvalue weighted by Gasteiger charge is -2.37. The summed E-state index contributed by atoms with van der Waals surface area (Å²) in [5, 5.41) is 3.68. The lowest BCUT2D eigenvalue weighted by atomic mass is 9.93. The largest absolute Gasteiger partial charge is 0.337 e. The number of aromatic nitrogens is 2. The lowest BCUT2D eigenvalue weighted by Crippen LogP contribution is -2.48. The average molecular weight is 264 g/mol. The molecule has 0 aliphatic carbocycles. The van der Waals surface area contributed by atoms with Crippen molar-refractivity contribution in [2.75, 3.05) is 26.2 Å². The Balaban J connectivity index is 1.64. The quantitative estimate of drug-likeness (QED) is 0.817. The van der Waals surface area contributed by atoms with Crippen LogP contribution in [0.5, 0.6) is 0 Å². The Morgan fingerprint density at radius 1 is 1.37 bits per heavy atom. The van der Waals surface area contributed by atoms with Crippen molar-refractivity contribution in [3.63, 3.8) is 0 Å². The molecule has 1 aliphatic rings. The van der Waals surface area contributed by atoms with Crippen LogP contribution in [0.25, 0.3) is 0 Å². The highest BCUT2D eigenvalue weighted by atomic mass is 15.1. The molecule has 1 aliphatic heterocycles. The van der Waals surface area contributed by atoms with E-state index < -0.39 is 0 Å². The molecule has 1 N–H and O–H groups in total. The molecule has 1 aromatic rings. The van der Waals surface area contributed by atoms with E-state index in [2.05, 4.69) is 33.6 Å². The first-order valence-corrected chi connectivity index (χ1v) is 7.71. The van der Waals surface area contributed by atoms with Crippen LogP contribution in [0, 0.1) is 5.92 Å². The molecule has 0 amide bonds. The third-order valence-corrected chi connectivity index (χ3v) is 4.10. The number of likely N-dealkylation sites (tertiary alicyclic amines) is 1. The minimum Gasteiger partial charge on any atom is -0.337 e. The molecule has 0 aromatic carbocycles. The number of imidazole rings is 1. The molecule has 19 heavy (non-hydrogen) atoms. The number of aryl methyl sites for hydroxylation is 1. The third-order valence-electron chi connectivity index (χ3n) is 4.10. The normalized spacial score (nSPS) is 24.7. The molecule has 4 nitrogen and oxygen atoms in total. The average Bonchev–Trinajstić information content (AvgIpc) is 2.91. The van der Waals surface area contributed by atoms with Gasteiger partial charge in [0.05, 0.1) is 6.33 Å². The van der Waals surface area contributed by atoms with Gasteiger partial charge < -0.3 is 14.8 Å². The molecule has 2 heterocycles. The molecule has 0 saturated carbocycles. The van der Waals surface area contributed by atoms with Crippen LogP contribution in [-0.2, 0) is 6.54 Å². The van der Waals surface area contributed by atoms with Gasteiger partial charge in [-0.2, -0.15) is 0 Å². The van der Waals surface area contributed by atoms with Crippen molar-refractivity contribution in [1.82, 2.24) is 19.8 Å². The van der Waals surface area contributed by atoms with Crippen molar-refractivity contribution in [2.45, 2.75) is 45.7 Å². The van der Waals surface area contributed by atoms with Crippen molar-refractivity contribution in [3.05, 3.63) is 18.7 Å². The first-order valence-electron chi connectivity index (χ1n) is 7.71. The Kier molecular flexibility index (Phi) is 5.86. The van der Waals surface area contributed by atoms with Crippen molar-refractivity contribution >= 4 is 0 Å². The predicted octanol–water partition coefficient (Wildman–Crippen LogP) is 1.98. The van der Waals surface area contributed by atoms with E-state index >= 15 is 0 Å². The number of nitrogens with zero attached hydrogens (tertiary/aromatic N) is 3. The Bertz CT molecular complexity index is 336. The maximum absolute atomic E-state index is 4.08. The zero-order chi connectivity index (χ0) is 13.5. The number of hydrogen-bond acceptors (Lipinski definition) is 3. The second-order valence-corrected chi connectivity index (χ2v) is 5.78. The van der Waals surface area contributed by atoms with Crippen LogP contribution in [0.2, 0.25) is 0 Å². The van der Waals surface area contributed by atoms with Gasteiger partial charge in [0, 0.05) is 31.5 Å². The van der Waals surface area contributed by atoms with Crippen molar-refractivity contribution in [1.29, 1.82) is 0 Å². The fourth-order valence-corrected chi connectivity index (χ4v) is 2.96. The van der Waals surface area contributed by atoms with Gasteiger partial charge in [-0.05, 0) is 44.8 Å². The smallest absolute Gasteiger partial charge is 0.0945 e. The highest BCUT2D eigenvalue weighted by Gasteiger charge is 2.24. The highest BCUT2D eigenvalue weighted by molar-refractivity contribution is 4.82. The van der Waals surface area contributed by atoms with Crippen molar-refractivity contribution in [2.24, 2.45) is 5.92 Å². The van der Waals surface area contributed by atoms with Gasteiger partial charge in [-0.25, -0.2) is 4.98 Å². The van der Waals surface area contributed by atoms with Crippen LogP contribution in [0.15, 0.2) is 18.7 Å². The van der Waals surface area contributed by atoms with E-state index in [1.54, 1.807) is 0 Å². The van der Waals surface area contributed by atoms with Crippen LogP contribution in [0.4, 0.5) is 0 Å². The summed E-state index contributed by atoms with van der Waals surface area (Å²) in [6.07, 6.45) is 9.56. The predicted molar refractivity (Wildman–Crippen MR) is 79.1 cm³/mol. The summed E-state index contributed by atoms with van der Waals surface area (Å²) < 4.78 is 2.17. The van der Waals surface area contributed by atoms with Crippen LogP contribution in [-0.4, -0.2) is 46.7 Å². The first kappa shape index (κ1) is 14.5. The fraction of sp³-hybridized carbons (Fsp3) is 0.800. The molecule has 0 bridgehead atoms. The summed E-state index contributed by atoms with van der Waals surface area (Å²) in [5.41, 5.74) is 0. The van der Waals surface area contributed by atoms with E-state index in [-0.39, 0.29) is 0 Å². The summed E-state index contributed by atoms with van der Waals surface area (Å²) in [6.45, 7) is 10.6. The first-order chi connectivity index (χ1) is 9.29. The minimum atomic E-state index is 0.727. The number of piperidine rings is 1. The summed E-state index contributed by atoms with van der Waals surface area (Å²) in [7, 11) is 0. The zero-order valence-electron chi connectivity index (χ0n) is 12.4. The molecule has 4 heteroatoms. The Hall–Kier alpha value is -0.870. The van der Waals surface area contributed by atoms with Gasteiger partial charge >= 0.3 is 0 Å². The molecule has 1 aromatic heterocycles. The third kappa shape index (κ3) is 4.62. The standard InChI is InChI=1S/C15H28N4/c1-3-6-17-15-5-10-18(12-14(15)2)8-4-9-19-11-7-16-13-19/h7,11,13-15,17H,3-6,8-10,12H2,1-2H3. The van der Waals surface area contributed by atoms with E-state index in [1.807, 2.05) is 18.7 Å². The molecule has 2 rings (SSSR count). The SMILES string of the molecule is CCCNC1CCN(CCCn2ccnc2)CC1C. The van der Waals surface area contributed by atoms with Crippen LogP contribution >= 0.6 is 0 Å². The van der Waals surface area contributed by atoms with Gasteiger partial charge in [0.1, 0.15) is 0 Å². The van der Waals surface area contributed by atoms with Gasteiger partial charge in [0.25, 0.3) is 0 Å². The van der Waals surface area contributed by atoms with E-state index in [0.29, 0.717) is 0 Å². The highest BCUT2D eigenvalue weighted by Crippen LogP contribution is 2.17. The van der Waals surface area contributed by atoms with Crippen LogP contribution < -0.4 is 5.32 Å². The lowest BCUT2D eigenvalue weighted by molar-refractivity contribution is 0.144. The summed E-state index contributed by atoms with van der Waals surface area (Å²) in [6, 6.07) is 0.727. The fourth-order valence-electron chi connectivity index (χ4n) is 2.96. The summed E-state index contributed by atoms with van der Waals surface area (Å²) >= 11 is 0. The monoisotopic (exact) mass is 264 g/mol. The Morgan fingerprint density at radius 3 is 2.95 bits per heavy atom. The minimum absolute atomic E-state index is 0.727. The maximum atomic E-state index is 4.08. The maximum Gasteiger partial charge on any atom is 0.0945 e. The molecule has 1 fully saturated rings. The molecule has 2 unspecified atom stereocenters. The van der Waals surface area contributed by atoms with E-state index in [0.717, 1.165) is 25.0 Å². The Labute approximate surface area is 117 Å². The van der Waals surface area contributed by atoms with Crippen molar-refractivity contribution in [3.8, 4) is 0 Å². The molecular formula is C15H28N4. The van der Waals surface area contributed by atoms with E-state index in [4.69, 9.17) is 0 Å². The zero-order valence-corrected chi connectivity index (χ0v) is 12.4. The number of rotatable bonds is 7. The van der Waals surface area contributed by atoms with Gasteiger partial charge in [-0.3, -0.25) is 0 Å². The molecule has 108 valence electrons. The summed E-state index contributed by atoms with van der Waals surface area (Å²) in [5.74, 6) is 0.772. The molecular weight excluding hydrogens is 236 g/mol. The Morgan fingerprint density at radius 2 is 2.26 bits per heavy atom. The van der Waals surface area contributed by atoms with E-state index in [9.17, 15) is 0 Å². The molecule has 0 spiro atoms. The van der Waals surface area contributed by atoms with Gasteiger partial charge in [0.2, 0.25) is 0 Å².